The molecule has 2 rings (SSSR count). The molecule has 0 amide bonds. The van der Waals surface area contributed by atoms with Crippen LogP contribution in [0.15, 0.2) is 22.7 Å². The van der Waals surface area contributed by atoms with Gasteiger partial charge >= 0.3 is 5.97 Å². The van der Waals surface area contributed by atoms with Gasteiger partial charge in [-0.15, -0.1) is 0 Å². The number of aromatic hydroxyl groups is 1. The zero-order valence-corrected chi connectivity index (χ0v) is 14.1. The van der Waals surface area contributed by atoms with Crippen molar-refractivity contribution in [3.63, 3.8) is 0 Å². The fraction of sp³-hybridized carbons (Fsp3) is 0.250. The molecule has 0 radical (unpaired) electrons. The summed E-state index contributed by atoms with van der Waals surface area (Å²) in [6, 6.07) is 4.91. The number of ether oxygens (including phenoxy) is 1. The molecular formula is C16H16BrNO4. The van der Waals surface area contributed by atoms with E-state index in [4.69, 9.17) is 4.74 Å². The van der Waals surface area contributed by atoms with E-state index in [-0.39, 0.29) is 23.7 Å². The number of phenolic OH excluding ortho intramolecular Hbond substituents is 1. The lowest BCUT2D eigenvalue weighted by Crippen LogP contribution is -2.15. The molecule has 1 aromatic carbocycles. The maximum absolute atomic E-state index is 12.1. The number of benzene rings is 1. The van der Waals surface area contributed by atoms with Crippen LogP contribution in [0.1, 0.15) is 37.7 Å². The smallest absolute Gasteiger partial charge is 0.342 e. The van der Waals surface area contributed by atoms with E-state index in [9.17, 15) is 14.7 Å². The van der Waals surface area contributed by atoms with Crippen molar-refractivity contribution in [2.24, 2.45) is 0 Å². The number of esters is 1. The number of hydrogen-bond donors (Lipinski definition) is 2. The van der Waals surface area contributed by atoms with Gasteiger partial charge in [-0.05, 0) is 60.5 Å². The molecule has 0 aliphatic carbocycles. The number of aryl methyl sites for hydroxylation is 3. The van der Waals surface area contributed by atoms with E-state index in [0.29, 0.717) is 10.0 Å². The minimum Gasteiger partial charge on any atom is -0.506 e. The highest BCUT2D eigenvalue weighted by Crippen LogP contribution is 2.29. The van der Waals surface area contributed by atoms with E-state index in [1.165, 1.54) is 6.07 Å². The number of H-pyrrole nitrogens is 1. The summed E-state index contributed by atoms with van der Waals surface area (Å²) < 4.78 is 5.42. The van der Waals surface area contributed by atoms with Gasteiger partial charge in [0.25, 0.3) is 0 Å². The second-order valence-corrected chi connectivity index (χ2v) is 5.99. The second kappa shape index (κ2) is 6.36. The maximum Gasteiger partial charge on any atom is 0.342 e. The minimum absolute atomic E-state index is 0.0293. The summed E-state index contributed by atoms with van der Waals surface area (Å²) in [5, 5.41) is 9.88. The maximum atomic E-state index is 12.1. The van der Waals surface area contributed by atoms with Crippen molar-refractivity contribution >= 4 is 27.7 Å². The van der Waals surface area contributed by atoms with Crippen LogP contribution in [0, 0.1) is 20.8 Å². The first-order valence-corrected chi connectivity index (χ1v) is 7.44. The van der Waals surface area contributed by atoms with Crippen LogP contribution < -0.4 is 0 Å². The number of nitrogens with one attached hydrogen (secondary N) is 1. The number of carbonyl (C=O) groups excluding carboxylic acids is 2. The number of aromatic amines is 1. The fourth-order valence-corrected chi connectivity index (χ4v) is 2.77. The average Bonchev–Trinajstić information content (AvgIpc) is 2.78. The third-order valence-electron chi connectivity index (χ3n) is 3.21. The Bertz CT molecular complexity index is 749. The Hall–Kier alpha value is -2.08. The molecule has 1 heterocycles. The third kappa shape index (κ3) is 3.39. The highest BCUT2D eigenvalue weighted by molar-refractivity contribution is 9.10. The molecule has 0 atom stereocenters. The van der Waals surface area contributed by atoms with E-state index < -0.39 is 5.97 Å². The molecule has 5 nitrogen and oxygen atoms in total. The SMILES string of the molecule is Cc1cc(Br)c(O)c(C(=O)OCC(=O)c2cc(C)[nH]c2C)c1. The molecule has 0 fully saturated rings. The third-order valence-corrected chi connectivity index (χ3v) is 3.82. The molecule has 0 unspecified atom stereocenters. The number of Topliss-reactive ketones (excluding diaryl/α,β-unsaturated/α-hetero) is 1. The molecule has 2 aromatic rings. The molecule has 0 spiro atoms. The zero-order valence-electron chi connectivity index (χ0n) is 12.5. The standard InChI is InChI=1S/C16H16BrNO4/c1-8-4-12(15(20)13(17)5-8)16(21)22-7-14(19)11-6-9(2)18-10(11)3/h4-6,18,20H,7H2,1-3H3. The molecule has 2 N–H and O–H groups in total. The minimum atomic E-state index is -0.736. The van der Waals surface area contributed by atoms with Crippen LogP contribution in [0.2, 0.25) is 0 Å². The summed E-state index contributed by atoms with van der Waals surface area (Å²) in [6.45, 7) is 5.05. The van der Waals surface area contributed by atoms with Gasteiger partial charge < -0.3 is 14.8 Å². The molecule has 0 saturated heterocycles. The van der Waals surface area contributed by atoms with E-state index in [1.54, 1.807) is 26.0 Å². The predicted molar refractivity (Wildman–Crippen MR) is 85.4 cm³/mol. The van der Waals surface area contributed by atoms with Crippen molar-refractivity contribution in [1.29, 1.82) is 0 Å². The lowest BCUT2D eigenvalue weighted by Gasteiger charge is -2.08. The Labute approximate surface area is 136 Å². The summed E-state index contributed by atoms with van der Waals surface area (Å²) in [6.07, 6.45) is 0. The molecule has 0 bridgehead atoms. The van der Waals surface area contributed by atoms with Crippen LogP contribution in [0.5, 0.6) is 5.75 Å². The molecule has 0 saturated carbocycles. The highest BCUT2D eigenvalue weighted by Gasteiger charge is 2.19. The molecule has 22 heavy (non-hydrogen) atoms. The molecular weight excluding hydrogens is 350 g/mol. The normalized spacial score (nSPS) is 10.5. The molecule has 0 aliphatic rings. The first-order chi connectivity index (χ1) is 10.3. The Morgan fingerprint density at radius 1 is 1.18 bits per heavy atom. The zero-order chi connectivity index (χ0) is 16.4. The van der Waals surface area contributed by atoms with Gasteiger partial charge in [-0.1, -0.05) is 0 Å². The number of carbonyl (C=O) groups is 2. The van der Waals surface area contributed by atoms with Gasteiger partial charge in [0.05, 0.1) is 4.47 Å². The van der Waals surface area contributed by atoms with Crippen LogP contribution in [-0.2, 0) is 4.74 Å². The first kappa shape index (κ1) is 16.3. The van der Waals surface area contributed by atoms with E-state index in [2.05, 4.69) is 20.9 Å². The molecule has 0 aliphatic heterocycles. The number of rotatable bonds is 4. The average molecular weight is 366 g/mol. The van der Waals surface area contributed by atoms with Crippen molar-refractivity contribution in [3.05, 3.63) is 50.8 Å². The number of halogens is 1. The largest absolute Gasteiger partial charge is 0.506 e. The summed E-state index contributed by atoms with van der Waals surface area (Å²) in [7, 11) is 0. The van der Waals surface area contributed by atoms with E-state index >= 15 is 0 Å². The topological polar surface area (TPSA) is 79.4 Å². The predicted octanol–water partition coefficient (Wildman–Crippen LogP) is 3.45. The number of ketones is 1. The quantitative estimate of drug-likeness (QED) is 0.642. The summed E-state index contributed by atoms with van der Waals surface area (Å²) in [5.41, 5.74) is 2.92. The highest BCUT2D eigenvalue weighted by atomic mass is 79.9. The van der Waals surface area contributed by atoms with Gasteiger partial charge in [0, 0.05) is 17.0 Å². The van der Waals surface area contributed by atoms with Gasteiger partial charge in [-0.3, -0.25) is 4.79 Å². The van der Waals surface area contributed by atoms with Gasteiger partial charge in [0.2, 0.25) is 5.78 Å². The van der Waals surface area contributed by atoms with Crippen molar-refractivity contribution < 1.29 is 19.4 Å². The number of phenols is 1. The Morgan fingerprint density at radius 2 is 1.86 bits per heavy atom. The number of hydrogen-bond acceptors (Lipinski definition) is 4. The molecule has 1 aromatic heterocycles. The lowest BCUT2D eigenvalue weighted by molar-refractivity contribution is 0.0471. The Kier molecular flexibility index (Phi) is 4.71. The van der Waals surface area contributed by atoms with Crippen molar-refractivity contribution in [2.45, 2.75) is 20.8 Å². The second-order valence-electron chi connectivity index (χ2n) is 5.13. The van der Waals surface area contributed by atoms with Gasteiger partial charge in [0.1, 0.15) is 11.3 Å². The summed E-state index contributed by atoms with van der Waals surface area (Å²) in [4.78, 5) is 27.1. The van der Waals surface area contributed by atoms with Crippen LogP contribution >= 0.6 is 15.9 Å². The van der Waals surface area contributed by atoms with E-state index in [1.807, 2.05) is 6.92 Å². The van der Waals surface area contributed by atoms with E-state index in [0.717, 1.165) is 17.0 Å². The van der Waals surface area contributed by atoms with Crippen molar-refractivity contribution in [3.8, 4) is 5.75 Å². The van der Waals surface area contributed by atoms with Gasteiger partial charge in [-0.25, -0.2) is 4.79 Å². The monoisotopic (exact) mass is 365 g/mol. The summed E-state index contributed by atoms with van der Waals surface area (Å²) >= 11 is 3.17. The van der Waals surface area contributed by atoms with Crippen LogP contribution in [0.3, 0.4) is 0 Å². The first-order valence-electron chi connectivity index (χ1n) is 6.65. The van der Waals surface area contributed by atoms with Crippen LogP contribution in [0.4, 0.5) is 0 Å². The van der Waals surface area contributed by atoms with Crippen LogP contribution in [0.25, 0.3) is 0 Å². The van der Waals surface area contributed by atoms with Crippen molar-refractivity contribution in [2.75, 3.05) is 6.61 Å². The lowest BCUT2D eigenvalue weighted by atomic mass is 10.1. The van der Waals surface area contributed by atoms with Crippen LogP contribution in [-0.4, -0.2) is 28.4 Å². The fourth-order valence-electron chi connectivity index (χ4n) is 2.19. The Balaban J connectivity index is 2.10. The Morgan fingerprint density at radius 3 is 2.45 bits per heavy atom. The number of aromatic nitrogens is 1. The van der Waals surface area contributed by atoms with Gasteiger partial charge in [0.15, 0.2) is 6.61 Å². The van der Waals surface area contributed by atoms with Gasteiger partial charge in [-0.2, -0.15) is 0 Å². The molecule has 6 heteroatoms. The van der Waals surface area contributed by atoms with Crippen molar-refractivity contribution in [1.82, 2.24) is 4.98 Å². The summed E-state index contributed by atoms with van der Waals surface area (Å²) in [5.74, 6) is -1.22. The molecule has 116 valence electrons.